The molecule has 1 aromatic carbocycles. The molecule has 4 heteroatoms. The van der Waals surface area contributed by atoms with E-state index in [4.69, 9.17) is 16.3 Å². The zero-order valence-electron chi connectivity index (χ0n) is 12.0. The first kappa shape index (κ1) is 15.8. The summed E-state index contributed by atoms with van der Waals surface area (Å²) in [5.41, 5.74) is 0.662. The molecule has 0 saturated heterocycles. The first-order valence-electron chi connectivity index (χ1n) is 6.59. The zero-order valence-corrected chi connectivity index (χ0v) is 12.8. The lowest BCUT2D eigenvalue weighted by Gasteiger charge is -2.26. The second-order valence-electron chi connectivity index (χ2n) is 4.97. The van der Waals surface area contributed by atoms with Crippen molar-refractivity contribution in [1.29, 1.82) is 0 Å². The van der Waals surface area contributed by atoms with Crippen molar-refractivity contribution >= 4 is 17.5 Å². The zero-order chi connectivity index (χ0) is 14.4. The number of ether oxygens (including phenoxy) is 1. The summed E-state index contributed by atoms with van der Waals surface area (Å²) in [6.45, 7) is 8.48. The van der Waals surface area contributed by atoms with Crippen molar-refractivity contribution in [3.8, 4) is 5.75 Å². The van der Waals surface area contributed by atoms with Crippen molar-refractivity contribution in [2.45, 2.75) is 39.8 Å². The average molecular weight is 284 g/mol. The summed E-state index contributed by atoms with van der Waals surface area (Å²) in [6, 6.07) is 7.38. The second-order valence-corrected chi connectivity index (χ2v) is 5.35. The van der Waals surface area contributed by atoms with E-state index >= 15 is 0 Å². The molecule has 0 heterocycles. The number of carbonyl (C=O) groups excluding carboxylic acids is 1. The van der Waals surface area contributed by atoms with E-state index in [1.54, 1.807) is 17.0 Å². The Labute approximate surface area is 120 Å². The van der Waals surface area contributed by atoms with Crippen LogP contribution in [-0.2, 0) is 0 Å². The van der Waals surface area contributed by atoms with Gasteiger partial charge >= 0.3 is 0 Å². The predicted molar refractivity (Wildman–Crippen MR) is 79.1 cm³/mol. The van der Waals surface area contributed by atoms with Crippen LogP contribution in [0.15, 0.2) is 24.3 Å². The summed E-state index contributed by atoms with van der Waals surface area (Å²) in [5.74, 6) is 1.23. The van der Waals surface area contributed by atoms with Crippen LogP contribution in [0.25, 0.3) is 0 Å². The van der Waals surface area contributed by atoms with E-state index in [9.17, 15) is 4.79 Å². The molecule has 0 aliphatic heterocycles. The molecule has 0 bridgehead atoms. The molecule has 106 valence electrons. The number of nitrogens with zero attached hydrogens (tertiary/aromatic N) is 1. The van der Waals surface area contributed by atoms with E-state index in [0.717, 1.165) is 5.75 Å². The van der Waals surface area contributed by atoms with Gasteiger partial charge in [0.15, 0.2) is 0 Å². The number of carbonyl (C=O) groups is 1. The fourth-order valence-electron chi connectivity index (χ4n) is 1.80. The van der Waals surface area contributed by atoms with Gasteiger partial charge in [0.05, 0.1) is 6.10 Å². The van der Waals surface area contributed by atoms with Gasteiger partial charge in [0.1, 0.15) is 5.75 Å². The predicted octanol–water partition coefficient (Wildman–Crippen LogP) is 3.56. The van der Waals surface area contributed by atoms with Gasteiger partial charge < -0.3 is 9.64 Å². The molecular weight excluding hydrogens is 262 g/mol. The van der Waals surface area contributed by atoms with Gasteiger partial charge in [-0.05, 0) is 52.0 Å². The number of benzene rings is 1. The van der Waals surface area contributed by atoms with Crippen LogP contribution in [0.3, 0.4) is 0 Å². The van der Waals surface area contributed by atoms with Gasteiger partial charge in [-0.2, -0.15) is 0 Å². The fourth-order valence-corrected chi connectivity index (χ4v) is 1.98. The Balaban J connectivity index is 2.81. The summed E-state index contributed by atoms with van der Waals surface area (Å²) in [5, 5.41) is 0. The van der Waals surface area contributed by atoms with Crippen molar-refractivity contribution in [3.05, 3.63) is 29.8 Å². The number of hydrogen-bond acceptors (Lipinski definition) is 2. The van der Waals surface area contributed by atoms with E-state index in [1.165, 1.54) is 0 Å². The number of rotatable bonds is 6. The van der Waals surface area contributed by atoms with Crippen LogP contribution in [0.5, 0.6) is 5.75 Å². The van der Waals surface area contributed by atoms with Crippen LogP contribution >= 0.6 is 11.6 Å². The molecular formula is C15H22ClNO2. The smallest absolute Gasteiger partial charge is 0.254 e. The molecule has 0 N–H and O–H groups in total. The van der Waals surface area contributed by atoms with Crippen molar-refractivity contribution < 1.29 is 9.53 Å². The second kappa shape index (κ2) is 7.39. The van der Waals surface area contributed by atoms with Gasteiger partial charge in [-0.15, -0.1) is 11.6 Å². The maximum absolute atomic E-state index is 12.3. The van der Waals surface area contributed by atoms with Crippen molar-refractivity contribution in [2.24, 2.45) is 0 Å². The molecule has 19 heavy (non-hydrogen) atoms. The van der Waals surface area contributed by atoms with Crippen LogP contribution < -0.4 is 4.74 Å². The van der Waals surface area contributed by atoms with E-state index in [1.807, 2.05) is 39.8 Å². The standard InChI is InChI=1S/C15H22ClNO2/c1-11(2)17(10-9-16)15(18)13-5-7-14(8-6-13)19-12(3)4/h5-8,11-12H,9-10H2,1-4H3. The number of hydrogen-bond donors (Lipinski definition) is 0. The summed E-state index contributed by atoms with van der Waals surface area (Å²) < 4.78 is 5.56. The lowest BCUT2D eigenvalue weighted by atomic mass is 10.1. The lowest BCUT2D eigenvalue weighted by Crippen LogP contribution is -2.38. The highest BCUT2D eigenvalue weighted by molar-refractivity contribution is 6.18. The van der Waals surface area contributed by atoms with Gasteiger partial charge in [0.25, 0.3) is 5.91 Å². The molecule has 1 aromatic rings. The highest BCUT2D eigenvalue weighted by Gasteiger charge is 2.18. The molecule has 0 saturated carbocycles. The van der Waals surface area contributed by atoms with E-state index in [0.29, 0.717) is 18.0 Å². The summed E-state index contributed by atoms with van der Waals surface area (Å²) in [7, 11) is 0. The molecule has 0 aromatic heterocycles. The van der Waals surface area contributed by atoms with E-state index in [-0.39, 0.29) is 18.1 Å². The van der Waals surface area contributed by atoms with Crippen LogP contribution in [0.1, 0.15) is 38.1 Å². The number of amides is 1. The minimum Gasteiger partial charge on any atom is -0.491 e. The van der Waals surface area contributed by atoms with Crippen LogP contribution in [-0.4, -0.2) is 35.4 Å². The summed E-state index contributed by atoms with van der Waals surface area (Å²) >= 11 is 5.74. The first-order chi connectivity index (χ1) is 8.95. The third-order valence-electron chi connectivity index (χ3n) is 2.68. The topological polar surface area (TPSA) is 29.5 Å². The average Bonchev–Trinajstić information content (AvgIpc) is 2.35. The van der Waals surface area contributed by atoms with Crippen LogP contribution in [0.2, 0.25) is 0 Å². The molecule has 1 amide bonds. The Morgan fingerprint density at radius 1 is 1.21 bits per heavy atom. The summed E-state index contributed by atoms with van der Waals surface area (Å²) in [6.07, 6.45) is 0.130. The van der Waals surface area contributed by atoms with Gasteiger partial charge in [-0.25, -0.2) is 0 Å². The van der Waals surface area contributed by atoms with Crippen molar-refractivity contribution in [3.63, 3.8) is 0 Å². The van der Waals surface area contributed by atoms with Crippen molar-refractivity contribution in [1.82, 2.24) is 4.90 Å². The molecule has 0 fully saturated rings. The highest BCUT2D eigenvalue weighted by Crippen LogP contribution is 2.16. The van der Waals surface area contributed by atoms with Gasteiger partial charge in [0, 0.05) is 24.0 Å². The maximum Gasteiger partial charge on any atom is 0.254 e. The van der Waals surface area contributed by atoms with Crippen LogP contribution in [0.4, 0.5) is 0 Å². The third-order valence-corrected chi connectivity index (χ3v) is 2.85. The van der Waals surface area contributed by atoms with Gasteiger partial charge in [0.2, 0.25) is 0 Å². The molecule has 1 rings (SSSR count). The quantitative estimate of drug-likeness (QED) is 0.747. The van der Waals surface area contributed by atoms with Gasteiger partial charge in [-0.3, -0.25) is 4.79 Å². The molecule has 0 aliphatic carbocycles. The molecule has 0 aliphatic rings. The SMILES string of the molecule is CC(C)Oc1ccc(C(=O)N(CCCl)C(C)C)cc1. The molecule has 0 unspecified atom stereocenters. The molecule has 0 atom stereocenters. The Bertz CT molecular complexity index is 401. The van der Waals surface area contributed by atoms with E-state index < -0.39 is 0 Å². The van der Waals surface area contributed by atoms with Crippen molar-refractivity contribution in [2.75, 3.05) is 12.4 Å². The lowest BCUT2D eigenvalue weighted by molar-refractivity contribution is 0.0718. The van der Waals surface area contributed by atoms with Crippen LogP contribution in [0, 0.1) is 0 Å². The number of alkyl halides is 1. The summed E-state index contributed by atoms with van der Waals surface area (Å²) in [4.78, 5) is 14.1. The molecule has 3 nitrogen and oxygen atoms in total. The Morgan fingerprint density at radius 2 is 1.79 bits per heavy atom. The minimum absolute atomic E-state index is 0.00625. The highest BCUT2D eigenvalue weighted by atomic mass is 35.5. The number of halogens is 1. The third kappa shape index (κ3) is 4.75. The molecule has 0 spiro atoms. The molecule has 0 radical (unpaired) electrons. The minimum atomic E-state index is 0.00625. The van der Waals surface area contributed by atoms with Gasteiger partial charge in [-0.1, -0.05) is 0 Å². The monoisotopic (exact) mass is 283 g/mol. The Kier molecular flexibility index (Phi) is 6.16. The normalized spacial score (nSPS) is 10.9. The fraction of sp³-hybridized carbons (Fsp3) is 0.533. The maximum atomic E-state index is 12.3. The Morgan fingerprint density at radius 3 is 2.21 bits per heavy atom. The van der Waals surface area contributed by atoms with E-state index in [2.05, 4.69) is 0 Å². The largest absolute Gasteiger partial charge is 0.491 e. The first-order valence-corrected chi connectivity index (χ1v) is 7.12. The Hall–Kier alpha value is -1.22.